The second-order valence-electron chi connectivity index (χ2n) is 6.43. The fourth-order valence-electron chi connectivity index (χ4n) is 2.77. The topological polar surface area (TPSA) is 58.1 Å². The number of carbonyl (C=O) groups excluding carboxylic acids is 1. The zero-order valence-electron chi connectivity index (χ0n) is 11.9. The van der Waals surface area contributed by atoms with Gasteiger partial charge in [-0.25, -0.2) is 14.4 Å². The van der Waals surface area contributed by atoms with Crippen molar-refractivity contribution in [2.75, 3.05) is 18.0 Å². The van der Waals surface area contributed by atoms with Gasteiger partial charge >= 0.3 is 0 Å². The van der Waals surface area contributed by atoms with Crippen LogP contribution in [0, 0.1) is 0 Å². The van der Waals surface area contributed by atoms with Crippen LogP contribution in [0.25, 0.3) is 0 Å². The molecule has 1 aliphatic heterocycles. The molecule has 1 aromatic rings. The Bertz CT molecular complexity index is 573. The lowest BCUT2D eigenvalue weighted by Gasteiger charge is -2.21. The normalized spacial score (nSPS) is 28.7. The summed E-state index contributed by atoms with van der Waals surface area (Å²) in [7, 11) is 0. The largest absolute Gasteiger partial charge is 0.353 e. The van der Waals surface area contributed by atoms with E-state index in [1.807, 2.05) is 4.90 Å². The Morgan fingerprint density at radius 1 is 1.38 bits per heavy atom. The number of rotatable bonds is 4. The Labute approximate surface area is 123 Å². The van der Waals surface area contributed by atoms with Gasteiger partial charge in [0.1, 0.15) is 11.6 Å². The van der Waals surface area contributed by atoms with E-state index < -0.39 is 11.6 Å². The molecule has 0 radical (unpaired) electrons. The van der Waals surface area contributed by atoms with Crippen LogP contribution < -0.4 is 10.2 Å². The molecule has 2 heterocycles. The Kier molecular flexibility index (Phi) is 2.87. The van der Waals surface area contributed by atoms with Crippen LogP contribution in [0.4, 0.5) is 10.2 Å². The van der Waals surface area contributed by atoms with Crippen LogP contribution >= 0.6 is 0 Å². The molecule has 0 bridgehead atoms. The van der Waals surface area contributed by atoms with Crippen molar-refractivity contribution in [3.63, 3.8) is 0 Å². The summed E-state index contributed by atoms with van der Waals surface area (Å²) in [6.07, 6.45) is 6.19. The minimum absolute atomic E-state index is 0.0900. The van der Waals surface area contributed by atoms with Crippen LogP contribution in [0.3, 0.4) is 0 Å². The fraction of sp³-hybridized carbons (Fsp3) is 0.667. The molecule has 3 fully saturated rings. The number of aromatic nitrogens is 2. The Morgan fingerprint density at radius 2 is 2.19 bits per heavy atom. The maximum Gasteiger partial charge on any atom is 0.259 e. The van der Waals surface area contributed by atoms with Crippen molar-refractivity contribution in [1.29, 1.82) is 0 Å². The number of amides is 1. The Balaban J connectivity index is 1.47. The van der Waals surface area contributed by atoms with Gasteiger partial charge in [-0.05, 0) is 31.7 Å². The van der Waals surface area contributed by atoms with Gasteiger partial charge in [-0.3, -0.25) is 4.79 Å². The molecule has 1 N–H and O–H groups in total. The van der Waals surface area contributed by atoms with Crippen molar-refractivity contribution in [2.24, 2.45) is 0 Å². The van der Waals surface area contributed by atoms with Gasteiger partial charge in [0.25, 0.3) is 5.91 Å². The number of hydrogen-bond donors (Lipinski definition) is 1. The van der Waals surface area contributed by atoms with E-state index in [2.05, 4.69) is 15.3 Å². The Hall–Kier alpha value is -1.72. The van der Waals surface area contributed by atoms with Crippen molar-refractivity contribution in [3.05, 3.63) is 18.1 Å². The van der Waals surface area contributed by atoms with E-state index in [1.54, 1.807) is 12.3 Å². The van der Waals surface area contributed by atoms with Crippen LogP contribution in [0.2, 0.25) is 0 Å². The minimum atomic E-state index is -1.78. The molecular weight excluding hydrogens is 271 g/mol. The van der Waals surface area contributed by atoms with Crippen molar-refractivity contribution in [3.8, 4) is 0 Å². The third-order valence-electron chi connectivity index (χ3n) is 4.46. The zero-order valence-corrected chi connectivity index (χ0v) is 11.9. The highest BCUT2D eigenvalue weighted by Crippen LogP contribution is 2.39. The number of alkyl halides is 1. The number of anilines is 1. The molecule has 2 saturated carbocycles. The molecule has 1 atom stereocenters. The number of hydrogen-bond acceptors (Lipinski definition) is 4. The molecule has 0 aromatic carbocycles. The molecule has 5 nitrogen and oxygen atoms in total. The van der Waals surface area contributed by atoms with E-state index in [0.29, 0.717) is 12.5 Å². The highest BCUT2D eigenvalue weighted by molar-refractivity contribution is 5.87. The van der Waals surface area contributed by atoms with Crippen LogP contribution in [-0.2, 0) is 4.79 Å². The van der Waals surface area contributed by atoms with Gasteiger partial charge in [0, 0.05) is 31.1 Å². The number of nitrogens with zero attached hydrogens (tertiary/aromatic N) is 3. The molecule has 21 heavy (non-hydrogen) atoms. The minimum Gasteiger partial charge on any atom is -0.353 e. The van der Waals surface area contributed by atoms with Crippen molar-refractivity contribution in [1.82, 2.24) is 15.3 Å². The van der Waals surface area contributed by atoms with E-state index in [0.717, 1.165) is 37.3 Å². The molecule has 0 spiro atoms. The molecule has 1 unspecified atom stereocenters. The summed E-state index contributed by atoms with van der Waals surface area (Å²) in [6.45, 7) is 0.613. The number of carbonyl (C=O) groups is 1. The van der Waals surface area contributed by atoms with Crippen LogP contribution in [0.15, 0.2) is 12.3 Å². The molecule has 2 aliphatic carbocycles. The van der Waals surface area contributed by atoms with Gasteiger partial charge in [-0.1, -0.05) is 0 Å². The third-order valence-corrected chi connectivity index (χ3v) is 4.46. The lowest BCUT2D eigenvalue weighted by molar-refractivity contribution is -0.131. The fourth-order valence-corrected chi connectivity index (χ4v) is 2.77. The maximum absolute atomic E-state index is 14.8. The van der Waals surface area contributed by atoms with Gasteiger partial charge < -0.3 is 10.2 Å². The summed E-state index contributed by atoms with van der Waals surface area (Å²) in [5.74, 6) is 1.61. The average Bonchev–Trinajstić information content (AvgIpc) is 3.39. The molecule has 112 valence electrons. The summed E-state index contributed by atoms with van der Waals surface area (Å²) < 4.78 is 14.8. The predicted octanol–water partition coefficient (Wildman–Crippen LogP) is 1.55. The summed E-state index contributed by atoms with van der Waals surface area (Å²) >= 11 is 0. The number of halogens is 1. The first-order valence-electron chi connectivity index (χ1n) is 7.72. The van der Waals surface area contributed by atoms with Gasteiger partial charge in [0.05, 0.1) is 6.54 Å². The van der Waals surface area contributed by atoms with Crippen molar-refractivity contribution in [2.45, 2.75) is 49.7 Å². The second kappa shape index (κ2) is 4.64. The SMILES string of the molecule is O=C(NC1CC1)C1(F)CCN(c2ccnc(C3CC3)n2)C1. The molecule has 6 heteroatoms. The standard InChI is InChI=1S/C15H19FN4O/c16-15(14(21)18-11-3-4-11)6-8-20(9-15)12-5-7-17-13(19-12)10-1-2-10/h5,7,10-11H,1-4,6,8-9H2,(H,18,21). The summed E-state index contributed by atoms with van der Waals surface area (Å²) in [6, 6.07) is 2.00. The second-order valence-corrected chi connectivity index (χ2v) is 6.43. The summed E-state index contributed by atoms with van der Waals surface area (Å²) in [5.41, 5.74) is -1.78. The highest BCUT2D eigenvalue weighted by Gasteiger charge is 2.47. The summed E-state index contributed by atoms with van der Waals surface area (Å²) in [5, 5.41) is 2.77. The molecule has 3 aliphatic rings. The smallest absolute Gasteiger partial charge is 0.259 e. The first kappa shape index (κ1) is 13.0. The zero-order chi connectivity index (χ0) is 14.4. The van der Waals surface area contributed by atoms with Crippen molar-refractivity contribution < 1.29 is 9.18 Å². The van der Waals surface area contributed by atoms with Gasteiger partial charge in [0.15, 0.2) is 0 Å². The monoisotopic (exact) mass is 290 g/mol. The number of nitrogens with one attached hydrogen (secondary N) is 1. The predicted molar refractivity (Wildman–Crippen MR) is 75.8 cm³/mol. The first-order chi connectivity index (χ1) is 10.1. The van der Waals surface area contributed by atoms with E-state index in [1.165, 1.54) is 0 Å². The van der Waals surface area contributed by atoms with Gasteiger partial charge in [-0.2, -0.15) is 0 Å². The van der Waals surface area contributed by atoms with E-state index >= 15 is 0 Å². The lowest BCUT2D eigenvalue weighted by Crippen LogP contribution is -2.46. The highest BCUT2D eigenvalue weighted by atomic mass is 19.1. The van der Waals surface area contributed by atoms with E-state index in [4.69, 9.17) is 0 Å². The van der Waals surface area contributed by atoms with Crippen LogP contribution in [0.1, 0.15) is 43.8 Å². The van der Waals surface area contributed by atoms with E-state index in [9.17, 15) is 9.18 Å². The third kappa shape index (κ3) is 2.59. The molecule has 1 saturated heterocycles. The first-order valence-corrected chi connectivity index (χ1v) is 7.72. The van der Waals surface area contributed by atoms with Crippen LogP contribution in [-0.4, -0.2) is 40.7 Å². The van der Waals surface area contributed by atoms with Crippen LogP contribution in [0.5, 0.6) is 0 Å². The maximum atomic E-state index is 14.8. The van der Waals surface area contributed by atoms with Gasteiger partial charge in [-0.15, -0.1) is 0 Å². The lowest BCUT2D eigenvalue weighted by atomic mass is 10.1. The average molecular weight is 290 g/mol. The molecule has 1 aromatic heterocycles. The molecular formula is C15H19FN4O. The molecule has 1 amide bonds. The Morgan fingerprint density at radius 3 is 2.90 bits per heavy atom. The quantitative estimate of drug-likeness (QED) is 0.914. The molecule has 4 rings (SSSR count). The van der Waals surface area contributed by atoms with E-state index in [-0.39, 0.29) is 19.0 Å². The van der Waals surface area contributed by atoms with Gasteiger partial charge in [0.2, 0.25) is 5.67 Å². The summed E-state index contributed by atoms with van der Waals surface area (Å²) in [4.78, 5) is 22.7. The van der Waals surface area contributed by atoms with Crippen molar-refractivity contribution >= 4 is 11.7 Å².